The zero-order chi connectivity index (χ0) is 11.3. The van der Waals surface area contributed by atoms with Gasteiger partial charge in [0, 0.05) is 11.8 Å². The highest BCUT2D eigenvalue weighted by atomic mass is 16.3. The molecule has 3 rings (SSSR count). The highest BCUT2D eigenvalue weighted by molar-refractivity contribution is 5.96. The smallest absolute Gasteiger partial charge is 0.161 e. The van der Waals surface area contributed by atoms with Gasteiger partial charge in [0.05, 0.1) is 6.26 Å². The lowest BCUT2D eigenvalue weighted by Gasteiger charge is -2.40. The van der Waals surface area contributed by atoms with Crippen LogP contribution >= 0.6 is 0 Å². The first-order chi connectivity index (χ1) is 7.61. The Kier molecular flexibility index (Phi) is 1.91. The van der Waals surface area contributed by atoms with Crippen LogP contribution in [0.3, 0.4) is 0 Å². The fourth-order valence-electron chi connectivity index (χ4n) is 3.06. The summed E-state index contributed by atoms with van der Waals surface area (Å²) in [4.78, 5) is 12.0. The average Bonchev–Trinajstić information content (AvgIpc) is 2.59. The topological polar surface area (TPSA) is 30.2 Å². The molecule has 2 aliphatic rings. The molecule has 2 aliphatic carbocycles. The Hall–Kier alpha value is -1.31. The van der Waals surface area contributed by atoms with Crippen molar-refractivity contribution in [2.45, 2.75) is 33.1 Å². The molecule has 16 heavy (non-hydrogen) atoms. The normalized spacial score (nSPS) is 32.4. The number of rotatable bonds is 0. The average molecular weight is 216 g/mol. The lowest BCUT2D eigenvalue weighted by molar-refractivity contribution is -0.127. The number of aryl methyl sites for hydroxylation is 1. The molecular formula is C14H16O2. The lowest BCUT2D eigenvalue weighted by atomic mass is 9.61. The van der Waals surface area contributed by atoms with E-state index in [1.807, 2.05) is 12.3 Å². The third kappa shape index (κ3) is 1.16. The minimum absolute atomic E-state index is 0.230. The standard InChI is InChI=1S/C14H16O2/c1-9-8-16-12-7-14(2)10(6-11(9)12)4-3-5-13(14)15/h3,5,8,10H,4,6-7H2,1-2H3. The van der Waals surface area contributed by atoms with Gasteiger partial charge >= 0.3 is 0 Å². The summed E-state index contributed by atoms with van der Waals surface area (Å²) in [5.74, 6) is 1.75. The maximum atomic E-state index is 12.0. The Morgan fingerprint density at radius 1 is 1.50 bits per heavy atom. The minimum Gasteiger partial charge on any atom is -0.469 e. The predicted molar refractivity (Wildman–Crippen MR) is 61.2 cm³/mol. The number of hydrogen-bond acceptors (Lipinski definition) is 2. The van der Waals surface area contributed by atoms with Gasteiger partial charge in [-0.15, -0.1) is 0 Å². The summed E-state index contributed by atoms with van der Waals surface area (Å²) in [6.45, 7) is 4.18. The van der Waals surface area contributed by atoms with Gasteiger partial charge in [0.25, 0.3) is 0 Å². The summed E-state index contributed by atoms with van der Waals surface area (Å²) in [7, 11) is 0. The monoisotopic (exact) mass is 216 g/mol. The maximum absolute atomic E-state index is 12.0. The van der Waals surface area contributed by atoms with Crippen molar-refractivity contribution in [1.29, 1.82) is 0 Å². The van der Waals surface area contributed by atoms with Crippen LogP contribution in [-0.2, 0) is 17.6 Å². The number of carbonyl (C=O) groups is 1. The number of furan rings is 1. The molecule has 0 radical (unpaired) electrons. The van der Waals surface area contributed by atoms with Gasteiger partial charge in [0.1, 0.15) is 5.76 Å². The zero-order valence-corrected chi connectivity index (χ0v) is 9.75. The Bertz CT molecular complexity index is 481. The number of allylic oxidation sites excluding steroid dienone is 2. The molecule has 0 spiro atoms. The minimum atomic E-state index is -0.230. The van der Waals surface area contributed by atoms with Crippen molar-refractivity contribution in [3.8, 4) is 0 Å². The number of hydrogen-bond donors (Lipinski definition) is 0. The van der Waals surface area contributed by atoms with Crippen molar-refractivity contribution >= 4 is 5.78 Å². The SMILES string of the molecule is Cc1coc2c1CC1CC=CC(=O)C1(C)C2. The first kappa shape index (κ1) is 9.88. The fourth-order valence-corrected chi connectivity index (χ4v) is 3.06. The number of ketones is 1. The van der Waals surface area contributed by atoms with Gasteiger partial charge < -0.3 is 4.42 Å². The molecule has 0 aromatic carbocycles. The van der Waals surface area contributed by atoms with Crippen LogP contribution in [0.15, 0.2) is 22.8 Å². The highest BCUT2D eigenvalue weighted by Gasteiger charge is 2.46. The van der Waals surface area contributed by atoms with Crippen LogP contribution in [0.25, 0.3) is 0 Å². The van der Waals surface area contributed by atoms with E-state index < -0.39 is 0 Å². The third-order valence-corrected chi connectivity index (χ3v) is 4.32. The van der Waals surface area contributed by atoms with Gasteiger partial charge in [-0.25, -0.2) is 0 Å². The van der Waals surface area contributed by atoms with E-state index in [-0.39, 0.29) is 11.2 Å². The Labute approximate surface area is 95.3 Å². The Morgan fingerprint density at radius 3 is 3.12 bits per heavy atom. The quantitative estimate of drug-likeness (QED) is 0.667. The van der Waals surface area contributed by atoms with E-state index in [1.165, 1.54) is 11.1 Å². The van der Waals surface area contributed by atoms with E-state index in [0.717, 1.165) is 25.0 Å². The largest absolute Gasteiger partial charge is 0.469 e. The summed E-state index contributed by atoms with van der Waals surface area (Å²) in [5, 5.41) is 0. The molecule has 2 nitrogen and oxygen atoms in total. The maximum Gasteiger partial charge on any atom is 0.161 e. The van der Waals surface area contributed by atoms with E-state index in [1.54, 1.807) is 6.08 Å². The molecule has 0 amide bonds. The summed E-state index contributed by atoms with van der Waals surface area (Å²) in [6.07, 6.45) is 8.37. The van der Waals surface area contributed by atoms with Crippen LogP contribution in [-0.4, -0.2) is 5.78 Å². The molecule has 1 aromatic rings. The summed E-state index contributed by atoms with van der Waals surface area (Å²) >= 11 is 0. The van der Waals surface area contributed by atoms with E-state index in [9.17, 15) is 4.79 Å². The number of fused-ring (bicyclic) bond motifs is 2. The van der Waals surface area contributed by atoms with Gasteiger partial charge in [-0.05, 0) is 42.9 Å². The molecule has 0 aliphatic heterocycles. The summed E-state index contributed by atoms with van der Waals surface area (Å²) < 4.78 is 5.57. The first-order valence-corrected chi connectivity index (χ1v) is 5.88. The van der Waals surface area contributed by atoms with Crippen LogP contribution in [0, 0.1) is 18.3 Å². The van der Waals surface area contributed by atoms with Crippen LogP contribution in [0.2, 0.25) is 0 Å². The van der Waals surface area contributed by atoms with Crippen molar-refractivity contribution in [2.75, 3.05) is 0 Å². The highest BCUT2D eigenvalue weighted by Crippen LogP contribution is 2.45. The molecule has 2 heteroatoms. The van der Waals surface area contributed by atoms with E-state index in [2.05, 4.69) is 13.8 Å². The van der Waals surface area contributed by atoms with Crippen LogP contribution in [0.4, 0.5) is 0 Å². The molecule has 2 atom stereocenters. The molecule has 0 N–H and O–H groups in total. The molecule has 84 valence electrons. The number of carbonyl (C=O) groups excluding carboxylic acids is 1. The van der Waals surface area contributed by atoms with Crippen LogP contribution < -0.4 is 0 Å². The molecule has 0 saturated carbocycles. The van der Waals surface area contributed by atoms with Gasteiger partial charge in [-0.2, -0.15) is 0 Å². The van der Waals surface area contributed by atoms with Gasteiger partial charge in [0.15, 0.2) is 5.78 Å². The van der Waals surface area contributed by atoms with E-state index in [4.69, 9.17) is 4.42 Å². The molecule has 0 bridgehead atoms. The second-order valence-electron chi connectivity index (χ2n) is 5.32. The van der Waals surface area contributed by atoms with Crippen molar-refractivity contribution in [3.05, 3.63) is 35.3 Å². The molecule has 1 heterocycles. The van der Waals surface area contributed by atoms with E-state index in [0.29, 0.717) is 5.92 Å². The summed E-state index contributed by atoms with van der Waals surface area (Å²) in [5.41, 5.74) is 2.34. The molecule has 1 aromatic heterocycles. The fraction of sp³-hybridized carbons (Fsp3) is 0.500. The lowest BCUT2D eigenvalue weighted by Crippen LogP contribution is -2.42. The third-order valence-electron chi connectivity index (χ3n) is 4.32. The van der Waals surface area contributed by atoms with Crippen molar-refractivity contribution in [3.63, 3.8) is 0 Å². The van der Waals surface area contributed by atoms with Crippen molar-refractivity contribution in [2.24, 2.45) is 11.3 Å². The predicted octanol–water partition coefficient (Wildman–Crippen LogP) is 2.84. The van der Waals surface area contributed by atoms with E-state index >= 15 is 0 Å². The second-order valence-corrected chi connectivity index (χ2v) is 5.32. The Balaban J connectivity index is 2.07. The van der Waals surface area contributed by atoms with Crippen LogP contribution in [0.5, 0.6) is 0 Å². The molecule has 0 fully saturated rings. The molecular weight excluding hydrogens is 200 g/mol. The molecule has 2 unspecified atom stereocenters. The van der Waals surface area contributed by atoms with Gasteiger partial charge in [-0.3, -0.25) is 4.79 Å². The Morgan fingerprint density at radius 2 is 2.31 bits per heavy atom. The second kappa shape index (κ2) is 3.09. The van der Waals surface area contributed by atoms with Gasteiger partial charge in [0.2, 0.25) is 0 Å². The van der Waals surface area contributed by atoms with Crippen molar-refractivity contribution < 1.29 is 9.21 Å². The van der Waals surface area contributed by atoms with Gasteiger partial charge in [-0.1, -0.05) is 13.0 Å². The first-order valence-electron chi connectivity index (χ1n) is 5.88. The van der Waals surface area contributed by atoms with Crippen molar-refractivity contribution in [1.82, 2.24) is 0 Å². The zero-order valence-electron chi connectivity index (χ0n) is 9.75. The molecule has 0 saturated heterocycles. The van der Waals surface area contributed by atoms with Crippen LogP contribution in [0.1, 0.15) is 30.2 Å². The summed E-state index contributed by atoms with van der Waals surface area (Å²) in [6, 6.07) is 0.